The van der Waals surface area contributed by atoms with Crippen molar-refractivity contribution in [1.29, 1.82) is 0 Å². The minimum absolute atomic E-state index is 0.327. The van der Waals surface area contributed by atoms with E-state index in [1.165, 1.54) is 11.3 Å². The quantitative estimate of drug-likeness (QED) is 0.643. The minimum atomic E-state index is -1.59. The number of aliphatic hydroxyl groups excluding tert-OH is 1. The maximum absolute atomic E-state index is 11.2. The van der Waals surface area contributed by atoms with Gasteiger partial charge in [-0.05, 0) is 27.4 Å². The number of thiophene rings is 1. The van der Waals surface area contributed by atoms with Crippen molar-refractivity contribution < 1.29 is 19.8 Å². The molecule has 1 atom stereocenters. The lowest BCUT2D eigenvalue weighted by atomic mass is 10.4. The summed E-state index contributed by atoms with van der Waals surface area (Å²) in [4.78, 5) is 22.5. The number of hydrogen-bond donors (Lipinski definition) is 4. The molecule has 0 aliphatic carbocycles. The van der Waals surface area contributed by atoms with Crippen LogP contribution in [0.1, 0.15) is 4.88 Å². The van der Waals surface area contributed by atoms with Crippen LogP contribution in [-0.4, -0.2) is 34.9 Å². The van der Waals surface area contributed by atoms with Crippen molar-refractivity contribution in [3.63, 3.8) is 0 Å². The molecule has 94 valence electrons. The third kappa shape index (κ3) is 4.72. The molecule has 4 N–H and O–H groups in total. The van der Waals surface area contributed by atoms with E-state index in [9.17, 15) is 9.59 Å². The first-order valence-corrected chi connectivity index (χ1v) is 6.32. The van der Waals surface area contributed by atoms with Crippen molar-refractivity contribution in [3.05, 3.63) is 20.8 Å². The topological polar surface area (TPSA) is 98.7 Å². The molecule has 0 unspecified atom stereocenters. The monoisotopic (exact) mass is 322 g/mol. The summed E-state index contributed by atoms with van der Waals surface area (Å²) in [6.07, 6.45) is -1.59. The highest BCUT2D eigenvalue weighted by Gasteiger charge is 2.13. The van der Waals surface area contributed by atoms with Crippen LogP contribution in [0.4, 0.5) is 4.79 Å². The molecule has 17 heavy (non-hydrogen) atoms. The molecular formula is C9H11BrN2O4S. The Morgan fingerprint density at radius 2 is 2.18 bits per heavy atom. The minimum Gasteiger partial charge on any atom is -0.479 e. The van der Waals surface area contributed by atoms with Crippen LogP contribution in [0, 0.1) is 0 Å². The molecule has 1 heterocycles. The Hall–Kier alpha value is -1.12. The molecule has 0 aromatic carbocycles. The third-order valence-electron chi connectivity index (χ3n) is 1.84. The first-order chi connectivity index (χ1) is 8.00. The van der Waals surface area contributed by atoms with Crippen molar-refractivity contribution in [3.8, 4) is 0 Å². The van der Waals surface area contributed by atoms with E-state index < -0.39 is 18.1 Å². The molecule has 0 aliphatic heterocycles. The number of halogens is 1. The summed E-state index contributed by atoms with van der Waals surface area (Å²) in [7, 11) is 0. The number of aliphatic carboxylic acids is 1. The van der Waals surface area contributed by atoms with Gasteiger partial charge in [-0.1, -0.05) is 0 Å². The molecule has 0 fully saturated rings. The van der Waals surface area contributed by atoms with E-state index in [0.717, 1.165) is 9.35 Å². The normalized spacial score (nSPS) is 11.9. The maximum Gasteiger partial charge on any atom is 0.334 e. The fourth-order valence-electron chi connectivity index (χ4n) is 0.951. The molecule has 0 bridgehead atoms. The van der Waals surface area contributed by atoms with Crippen LogP contribution >= 0.6 is 27.3 Å². The number of carbonyl (C=O) groups is 2. The molecule has 1 aromatic rings. The van der Waals surface area contributed by atoms with Gasteiger partial charge < -0.3 is 20.8 Å². The van der Waals surface area contributed by atoms with Gasteiger partial charge in [-0.15, -0.1) is 11.3 Å². The second-order valence-electron chi connectivity index (χ2n) is 3.11. The Kier molecular flexibility index (Phi) is 5.39. The summed E-state index contributed by atoms with van der Waals surface area (Å²) in [5.41, 5.74) is 0. The predicted octanol–water partition coefficient (Wildman–Crippen LogP) is 0.755. The lowest BCUT2D eigenvalue weighted by Crippen LogP contribution is -2.41. The van der Waals surface area contributed by atoms with Crippen LogP contribution in [0.3, 0.4) is 0 Å². The van der Waals surface area contributed by atoms with Crippen LogP contribution in [0.2, 0.25) is 0 Å². The molecule has 6 nitrogen and oxygen atoms in total. The molecule has 0 spiro atoms. The highest BCUT2D eigenvalue weighted by atomic mass is 79.9. The second-order valence-corrected chi connectivity index (χ2v) is 4.96. The second kappa shape index (κ2) is 6.58. The standard InChI is InChI=1S/C9H11BrN2O4S/c10-5-1-2-17-7(5)4-12-9(16)11-3-6(13)8(14)15/h1-2,6,13H,3-4H2,(H,14,15)(H2,11,12,16)/t6-/m0/s1. The SMILES string of the molecule is O=C(NCc1sccc1Br)NC[C@H](O)C(=O)O. The first-order valence-electron chi connectivity index (χ1n) is 4.65. The Labute approximate surface area is 110 Å². The molecule has 0 saturated heterocycles. The summed E-state index contributed by atoms with van der Waals surface area (Å²) >= 11 is 4.81. The summed E-state index contributed by atoms with van der Waals surface area (Å²) in [6, 6.07) is 1.35. The summed E-state index contributed by atoms with van der Waals surface area (Å²) in [5, 5.41) is 24.0. The van der Waals surface area contributed by atoms with Crippen molar-refractivity contribution >= 4 is 39.3 Å². The highest BCUT2D eigenvalue weighted by molar-refractivity contribution is 9.10. The maximum atomic E-state index is 11.2. The average Bonchev–Trinajstić information content (AvgIpc) is 2.68. The molecule has 2 amide bonds. The van der Waals surface area contributed by atoms with E-state index in [0.29, 0.717) is 6.54 Å². The van der Waals surface area contributed by atoms with Crippen molar-refractivity contribution in [2.45, 2.75) is 12.6 Å². The van der Waals surface area contributed by atoms with Crippen LogP contribution in [0.5, 0.6) is 0 Å². The Bertz CT molecular complexity index is 409. The highest BCUT2D eigenvalue weighted by Crippen LogP contribution is 2.21. The summed E-state index contributed by atoms with van der Waals surface area (Å²) in [6.45, 7) is 0.0139. The zero-order chi connectivity index (χ0) is 12.8. The number of rotatable bonds is 5. The molecule has 0 saturated carbocycles. The fourth-order valence-corrected chi connectivity index (χ4v) is 2.38. The number of hydrogen-bond acceptors (Lipinski definition) is 4. The van der Waals surface area contributed by atoms with Crippen molar-refractivity contribution in [1.82, 2.24) is 10.6 Å². The number of nitrogens with one attached hydrogen (secondary N) is 2. The van der Waals surface area contributed by atoms with E-state index in [1.807, 2.05) is 11.4 Å². The number of amides is 2. The molecule has 1 rings (SSSR count). The smallest absolute Gasteiger partial charge is 0.334 e. The van der Waals surface area contributed by atoms with Gasteiger partial charge in [0.25, 0.3) is 0 Å². The Balaban J connectivity index is 2.27. The van der Waals surface area contributed by atoms with E-state index >= 15 is 0 Å². The van der Waals surface area contributed by atoms with E-state index in [4.69, 9.17) is 10.2 Å². The van der Waals surface area contributed by atoms with Crippen LogP contribution in [-0.2, 0) is 11.3 Å². The molecule has 0 radical (unpaired) electrons. The number of carboxylic acids is 1. The van der Waals surface area contributed by atoms with Crippen LogP contribution in [0.25, 0.3) is 0 Å². The van der Waals surface area contributed by atoms with Crippen molar-refractivity contribution in [2.75, 3.05) is 6.54 Å². The molecule has 8 heteroatoms. The number of urea groups is 1. The number of carbonyl (C=O) groups excluding carboxylic acids is 1. The van der Waals surface area contributed by atoms with Gasteiger partial charge in [0.15, 0.2) is 6.10 Å². The van der Waals surface area contributed by atoms with Gasteiger partial charge in [0.05, 0.1) is 13.1 Å². The predicted molar refractivity (Wildman–Crippen MR) is 65.9 cm³/mol. The van der Waals surface area contributed by atoms with Gasteiger partial charge in [-0.2, -0.15) is 0 Å². The largest absolute Gasteiger partial charge is 0.479 e. The number of aliphatic hydroxyl groups is 1. The summed E-state index contributed by atoms with van der Waals surface area (Å²) in [5.74, 6) is -1.37. The van der Waals surface area contributed by atoms with Crippen molar-refractivity contribution in [2.24, 2.45) is 0 Å². The zero-order valence-electron chi connectivity index (χ0n) is 8.64. The molecule has 1 aromatic heterocycles. The average molecular weight is 323 g/mol. The van der Waals surface area contributed by atoms with Gasteiger partial charge in [-0.3, -0.25) is 0 Å². The van der Waals surface area contributed by atoms with Crippen LogP contribution < -0.4 is 10.6 Å². The van der Waals surface area contributed by atoms with E-state index in [2.05, 4.69) is 26.6 Å². The Morgan fingerprint density at radius 3 is 2.71 bits per heavy atom. The molecular weight excluding hydrogens is 312 g/mol. The van der Waals surface area contributed by atoms with E-state index in [-0.39, 0.29) is 6.54 Å². The van der Waals surface area contributed by atoms with Crippen LogP contribution in [0.15, 0.2) is 15.9 Å². The zero-order valence-corrected chi connectivity index (χ0v) is 11.0. The van der Waals surface area contributed by atoms with Gasteiger partial charge in [0, 0.05) is 9.35 Å². The van der Waals surface area contributed by atoms with Gasteiger partial charge in [-0.25, -0.2) is 9.59 Å². The first kappa shape index (κ1) is 13.9. The lowest BCUT2D eigenvalue weighted by Gasteiger charge is -2.08. The van der Waals surface area contributed by atoms with Gasteiger partial charge in [0.1, 0.15) is 0 Å². The Morgan fingerprint density at radius 1 is 1.47 bits per heavy atom. The van der Waals surface area contributed by atoms with E-state index in [1.54, 1.807) is 0 Å². The van der Waals surface area contributed by atoms with Gasteiger partial charge in [0.2, 0.25) is 0 Å². The van der Waals surface area contributed by atoms with Gasteiger partial charge >= 0.3 is 12.0 Å². The fraction of sp³-hybridized carbons (Fsp3) is 0.333. The third-order valence-corrected chi connectivity index (χ3v) is 3.77. The lowest BCUT2D eigenvalue weighted by molar-refractivity contribution is -0.146. The number of carboxylic acid groups (broad SMARTS) is 1. The molecule has 0 aliphatic rings. The summed E-state index contributed by atoms with van der Waals surface area (Å²) < 4.78 is 0.911.